The Labute approximate surface area is 136 Å². The Morgan fingerprint density at radius 2 is 1.90 bits per heavy atom. The minimum absolute atomic E-state index is 0.280. The highest BCUT2D eigenvalue weighted by Crippen LogP contribution is 2.27. The molecule has 0 amide bonds. The zero-order valence-corrected chi connectivity index (χ0v) is 15.2. The van der Waals surface area contributed by atoms with Crippen molar-refractivity contribution in [3.05, 3.63) is 15.9 Å². The molecule has 1 saturated heterocycles. The minimum atomic E-state index is -0.384. The topological polar surface area (TPSA) is 38.1 Å². The first-order valence-corrected chi connectivity index (χ1v) is 8.73. The SMILES string of the molecule is CCc1nn(CC)c(CC(=O)C(C)(C)N2CCCC2)c1Br. The molecule has 0 saturated carbocycles. The van der Waals surface area contributed by atoms with Crippen LogP contribution in [0.3, 0.4) is 0 Å². The monoisotopic (exact) mass is 355 g/mol. The number of rotatable bonds is 6. The van der Waals surface area contributed by atoms with E-state index in [0.717, 1.165) is 41.9 Å². The quantitative estimate of drug-likeness (QED) is 0.786. The van der Waals surface area contributed by atoms with Crippen molar-refractivity contribution in [3.8, 4) is 0 Å². The van der Waals surface area contributed by atoms with Gasteiger partial charge in [-0.15, -0.1) is 0 Å². The van der Waals surface area contributed by atoms with Crippen molar-refractivity contribution in [2.24, 2.45) is 0 Å². The normalized spacial score (nSPS) is 16.6. The van der Waals surface area contributed by atoms with Crippen LogP contribution in [0.2, 0.25) is 0 Å². The second-order valence-corrected chi connectivity index (χ2v) is 7.02. The number of nitrogens with zero attached hydrogens (tertiary/aromatic N) is 3. The van der Waals surface area contributed by atoms with E-state index in [-0.39, 0.29) is 11.3 Å². The Morgan fingerprint density at radius 1 is 1.29 bits per heavy atom. The average Bonchev–Trinajstić information content (AvgIpc) is 3.08. The summed E-state index contributed by atoms with van der Waals surface area (Å²) in [7, 11) is 0. The molecule has 0 aromatic carbocycles. The summed E-state index contributed by atoms with van der Waals surface area (Å²) in [6.45, 7) is 11.1. The van der Waals surface area contributed by atoms with Crippen LogP contribution in [0.25, 0.3) is 0 Å². The summed E-state index contributed by atoms with van der Waals surface area (Å²) in [6.07, 6.45) is 3.73. The van der Waals surface area contributed by atoms with Gasteiger partial charge in [0.25, 0.3) is 0 Å². The number of Topliss-reactive ketones (excluding diaryl/α,β-unsaturated/α-hetero) is 1. The van der Waals surface area contributed by atoms with Crippen LogP contribution in [0.4, 0.5) is 0 Å². The van der Waals surface area contributed by atoms with E-state index >= 15 is 0 Å². The van der Waals surface area contributed by atoms with Crippen LogP contribution in [-0.2, 0) is 24.2 Å². The molecule has 2 heterocycles. The molecule has 1 fully saturated rings. The summed E-state index contributed by atoms with van der Waals surface area (Å²) in [5.74, 6) is 0.280. The maximum atomic E-state index is 12.8. The van der Waals surface area contributed by atoms with Gasteiger partial charge in [0.2, 0.25) is 0 Å². The highest BCUT2D eigenvalue weighted by molar-refractivity contribution is 9.10. The summed E-state index contributed by atoms with van der Waals surface area (Å²) in [5, 5.41) is 4.58. The molecule has 0 N–H and O–H groups in total. The Morgan fingerprint density at radius 3 is 2.43 bits per heavy atom. The summed E-state index contributed by atoms with van der Waals surface area (Å²) < 4.78 is 2.97. The number of aryl methyl sites for hydroxylation is 2. The summed E-state index contributed by atoms with van der Waals surface area (Å²) >= 11 is 3.63. The molecule has 0 atom stereocenters. The Bertz CT molecular complexity index is 516. The fourth-order valence-corrected chi connectivity index (χ4v) is 3.71. The number of ketones is 1. The van der Waals surface area contributed by atoms with Crippen LogP contribution in [-0.4, -0.2) is 39.1 Å². The average molecular weight is 356 g/mol. The van der Waals surface area contributed by atoms with E-state index < -0.39 is 0 Å². The second-order valence-electron chi connectivity index (χ2n) is 6.23. The van der Waals surface area contributed by atoms with Gasteiger partial charge in [-0.25, -0.2) is 0 Å². The molecule has 0 aliphatic carbocycles. The van der Waals surface area contributed by atoms with Gasteiger partial charge in [0, 0.05) is 6.54 Å². The van der Waals surface area contributed by atoms with E-state index in [1.165, 1.54) is 12.8 Å². The van der Waals surface area contributed by atoms with Gasteiger partial charge in [-0.3, -0.25) is 14.4 Å². The van der Waals surface area contributed by atoms with Crippen molar-refractivity contribution in [1.29, 1.82) is 0 Å². The van der Waals surface area contributed by atoms with E-state index in [9.17, 15) is 4.79 Å². The van der Waals surface area contributed by atoms with Crippen LogP contribution in [0, 0.1) is 0 Å². The highest BCUT2D eigenvalue weighted by atomic mass is 79.9. The molecule has 21 heavy (non-hydrogen) atoms. The van der Waals surface area contributed by atoms with Gasteiger partial charge >= 0.3 is 0 Å². The number of carbonyl (C=O) groups excluding carboxylic acids is 1. The van der Waals surface area contributed by atoms with Crippen LogP contribution in [0.15, 0.2) is 4.47 Å². The molecule has 0 spiro atoms. The molecule has 2 rings (SSSR count). The van der Waals surface area contributed by atoms with E-state index in [4.69, 9.17) is 0 Å². The van der Waals surface area contributed by atoms with E-state index in [1.54, 1.807) is 0 Å². The molecule has 118 valence electrons. The lowest BCUT2D eigenvalue weighted by molar-refractivity contribution is -0.128. The molecule has 5 heteroatoms. The van der Waals surface area contributed by atoms with Gasteiger partial charge in [-0.05, 0) is 69.1 Å². The third kappa shape index (κ3) is 3.24. The first kappa shape index (κ1) is 16.7. The first-order valence-electron chi connectivity index (χ1n) is 7.94. The molecule has 4 nitrogen and oxygen atoms in total. The number of aromatic nitrogens is 2. The maximum absolute atomic E-state index is 12.8. The zero-order chi connectivity index (χ0) is 15.6. The van der Waals surface area contributed by atoms with Gasteiger partial charge in [0.05, 0.1) is 27.8 Å². The summed E-state index contributed by atoms with van der Waals surface area (Å²) in [6, 6.07) is 0. The van der Waals surface area contributed by atoms with Crippen molar-refractivity contribution < 1.29 is 4.79 Å². The van der Waals surface area contributed by atoms with Crippen LogP contribution in [0.5, 0.6) is 0 Å². The zero-order valence-electron chi connectivity index (χ0n) is 13.6. The molecule has 0 bridgehead atoms. The smallest absolute Gasteiger partial charge is 0.158 e. The second kappa shape index (κ2) is 6.61. The van der Waals surface area contributed by atoms with Crippen LogP contribution in [0.1, 0.15) is 51.9 Å². The number of hydrogen-bond donors (Lipinski definition) is 0. The molecular weight excluding hydrogens is 330 g/mol. The van der Waals surface area contributed by atoms with Crippen molar-refractivity contribution >= 4 is 21.7 Å². The van der Waals surface area contributed by atoms with Crippen molar-refractivity contribution in [3.63, 3.8) is 0 Å². The predicted molar refractivity (Wildman–Crippen MR) is 88.6 cm³/mol. The van der Waals surface area contributed by atoms with E-state index in [1.807, 2.05) is 4.68 Å². The maximum Gasteiger partial charge on any atom is 0.158 e. The largest absolute Gasteiger partial charge is 0.297 e. The number of carbonyl (C=O) groups is 1. The predicted octanol–water partition coefficient (Wildman–Crippen LogP) is 3.21. The van der Waals surface area contributed by atoms with Gasteiger partial charge in [-0.1, -0.05) is 6.92 Å². The standard InChI is InChI=1S/C16H26BrN3O/c1-5-12-15(17)13(20(6-2)18-12)11-14(21)16(3,4)19-9-7-8-10-19/h5-11H2,1-4H3. The third-order valence-electron chi connectivity index (χ3n) is 4.60. The minimum Gasteiger partial charge on any atom is -0.297 e. The highest BCUT2D eigenvalue weighted by Gasteiger charge is 2.36. The molecule has 1 aliphatic heterocycles. The number of likely N-dealkylation sites (tertiary alicyclic amines) is 1. The lowest BCUT2D eigenvalue weighted by Crippen LogP contribution is -2.49. The Balaban J connectivity index is 2.21. The third-order valence-corrected chi connectivity index (χ3v) is 5.52. The summed E-state index contributed by atoms with van der Waals surface area (Å²) in [4.78, 5) is 15.2. The van der Waals surface area contributed by atoms with Crippen LogP contribution < -0.4 is 0 Å². The molecule has 0 radical (unpaired) electrons. The van der Waals surface area contributed by atoms with Crippen molar-refractivity contribution in [2.75, 3.05) is 13.1 Å². The Hall–Kier alpha value is -0.680. The summed E-state index contributed by atoms with van der Waals surface area (Å²) in [5.41, 5.74) is 1.68. The van der Waals surface area contributed by atoms with Gasteiger partial charge in [0.15, 0.2) is 5.78 Å². The lowest BCUT2D eigenvalue weighted by Gasteiger charge is -2.34. The van der Waals surface area contributed by atoms with Crippen molar-refractivity contribution in [2.45, 2.75) is 65.5 Å². The molecule has 1 aromatic rings. The van der Waals surface area contributed by atoms with Crippen LogP contribution >= 0.6 is 15.9 Å². The lowest BCUT2D eigenvalue weighted by atomic mass is 9.93. The first-order chi connectivity index (χ1) is 9.91. The molecule has 1 aromatic heterocycles. The fraction of sp³-hybridized carbons (Fsp3) is 0.750. The van der Waals surface area contributed by atoms with E-state index in [0.29, 0.717) is 6.42 Å². The Kier molecular flexibility index (Phi) is 5.25. The van der Waals surface area contributed by atoms with Gasteiger partial charge < -0.3 is 0 Å². The number of halogens is 1. The van der Waals surface area contributed by atoms with Crippen molar-refractivity contribution in [1.82, 2.24) is 14.7 Å². The van der Waals surface area contributed by atoms with E-state index in [2.05, 4.69) is 53.6 Å². The fourth-order valence-electron chi connectivity index (χ4n) is 3.01. The molecular formula is C16H26BrN3O. The van der Waals surface area contributed by atoms with Gasteiger partial charge in [-0.2, -0.15) is 5.10 Å². The number of hydrogen-bond acceptors (Lipinski definition) is 3. The van der Waals surface area contributed by atoms with Gasteiger partial charge in [0.1, 0.15) is 0 Å². The molecule has 1 aliphatic rings. The molecule has 0 unspecified atom stereocenters.